The fourth-order valence-corrected chi connectivity index (χ4v) is 1.90. The van der Waals surface area contributed by atoms with E-state index in [0.717, 1.165) is 29.6 Å². The van der Waals surface area contributed by atoms with Gasteiger partial charge in [-0.2, -0.15) is 5.26 Å². The van der Waals surface area contributed by atoms with Crippen LogP contribution in [0.25, 0.3) is 11.1 Å². The third-order valence-corrected chi connectivity index (χ3v) is 3.22. The lowest BCUT2D eigenvalue weighted by atomic mass is 10.1. The van der Waals surface area contributed by atoms with E-state index in [2.05, 4.69) is 16.4 Å². The summed E-state index contributed by atoms with van der Waals surface area (Å²) in [7, 11) is 0. The molecule has 4 heteroatoms. The second-order valence-electron chi connectivity index (χ2n) is 4.66. The predicted molar refractivity (Wildman–Crippen MR) is 64.5 cm³/mol. The van der Waals surface area contributed by atoms with Gasteiger partial charge in [0.2, 0.25) is 0 Å². The van der Waals surface area contributed by atoms with Crippen molar-refractivity contribution in [1.29, 1.82) is 5.26 Å². The van der Waals surface area contributed by atoms with Crippen LogP contribution in [0.3, 0.4) is 0 Å². The summed E-state index contributed by atoms with van der Waals surface area (Å²) in [5.41, 5.74) is 2.51. The van der Waals surface area contributed by atoms with E-state index in [-0.39, 0.29) is 5.41 Å². The Labute approximate surface area is 99.3 Å². The molecule has 0 bridgehead atoms. The van der Waals surface area contributed by atoms with Gasteiger partial charge in [0.25, 0.3) is 0 Å². The zero-order valence-electron chi connectivity index (χ0n) is 9.66. The van der Waals surface area contributed by atoms with E-state index in [9.17, 15) is 0 Å². The van der Waals surface area contributed by atoms with E-state index >= 15 is 0 Å². The number of oxazole rings is 1. The minimum absolute atomic E-state index is 0.133. The van der Waals surface area contributed by atoms with Crippen LogP contribution in [0, 0.1) is 23.7 Å². The SMILES string of the molecule is Cc1nc2ccc(NCC3(C#N)CC3)cc2o1. The molecule has 0 amide bonds. The van der Waals surface area contributed by atoms with Gasteiger partial charge in [-0.1, -0.05) is 0 Å². The summed E-state index contributed by atoms with van der Waals surface area (Å²) in [6.45, 7) is 2.55. The molecule has 1 aromatic heterocycles. The van der Waals surface area contributed by atoms with Gasteiger partial charge in [0.05, 0.1) is 11.5 Å². The number of aryl methyl sites for hydroxylation is 1. The van der Waals surface area contributed by atoms with Crippen LogP contribution in [0.15, 0.2) is 22.6 Å². The number of nitriles is 1. The molecule has 1 heterocycles. The first kappa shape index (κ1) is 10.2. The van der Waals surface area contributed by atoms with E-state index < -0.39 is 0 Å². The maximum atomic E-state index is 8.99. The van der Waals surface area contributed by atoms with Gasteiger partial charge in [-0.15, -0.1) is 0 Å². The van der Waals surface area contributed by atoms with Gasteiger partial charge in [-0.3, -0.25) is 0 Å². The molecule has 1 saturated carbocycles. The van der Waals surface area contributed by atoms with E-state index in [4.69, 9.17) is 9.68 Å². The first-order valence-electron chi connectivity index (χ1n) is 5.73. The van der Waals surface area contributed by atoms with E-state index in [1.54, 1.807) is 0 Å². The maximum Gasteiger partial charge on any atom is 0.192 e. The molecule has 1 fully saturated rings. The van der Waals surface area contributed by atoms with Gasteiger partial charge in [0.1, 0.15) is 5.52 Å². The Hall–Kier alpha value is -2.02. The molecule has 1 aliphatic rings. The van der Waals surface area contributed by atoms with Crippen LogP contribution in [0.2, 0.25) is 0 Å². The fraction of sp³-hybridized carbons (Fsp3) is 0.385. The molecule has 1 aromatic carbocycles. The smallest absolute Gasteiger partial charge is 0.192 e. The summed E-state index contributed by atoms with van der Waals surface area (Å²) in [6, 6.07) is 8.20. The zero-order chi connectivity index (χ0) is 11.9. The molecule has 0 atom stereocenters. The van der Waals surface area contributed by atoms with Crippen molar-refractivity contribution < 1.29 is 4.42 Å². The average molecular weight is 227 g/mol. The van der Waals surface area contributed by atoms with Crippen molar-refractivity contribution in [2.24, 2.45) is 5.41 Å². The summed E-state index contributed by atoms with van der Waals surface area (Å²) in [5, 5.41) is 12.3. The third kappa shape index (κ3) is 1.84. The molecule has 1 aliphatic carbocycles. The number of nitrogens with zero attached hydrogens (tertiary/aromatic N) is 2. The number of anilines is 1. The van der Waals surface area contributed by atoms with Crippen molar-refractivity contribution in [3.8, 4) is 6.07 Å². The first-order valence-corrected chi connectivity index (χ1v) is 5.73. The van der Waals surface area contributed by atoms with Gasteiger partial charge in [-0.25, -0.2) is 4.98 Å². The topological polar surface area (TPSA) is 61.9 Å². The second kappa shape index (κ2) is 3.49. The van der Waals surface area contributed by atoms with Gasteiger partial charge in [0, 0.05) is 25.2 Å². The lowest BCUT2D eigenvalue weighted by Crippen LogP contribution is -2.13. The van der Waals surface area contributed by atoms with Gasteiger partial charge >= 0.3 is 0 Å². The maximum absolute atomic E-state index is 8.99. The molecule has 1 N–H and O–H groups in total. The lowest BCUT2D eigenvalue weighted by Gasteiger charge is -2.08. The van der Waals surface area contributed by atoms with Crippen LogP contribution in [-0.4, -0.2) is 11.5 Å². The van der Waals surface area contributed by atoms with Crippen molar-refractivity contribution >= 4 is 16.8 Å². The minimum atomic E-state index is -0.133. The largest absolute Gasteiger partial charge is 0.441 e. The van der Waals surface area contributed by atoms with Crippen molar-refractivity contribution in [1.82, 2.24) is 4.98 Å². The van der Waals surface area contributed by atoms with Crippen LogP contribution in [0.4, 0.5) is 5.69 Å². The summed E-state index contributed by atoms with van der Waals surface area (Å²) in [4.78, 5) is 4.24. The molecular weight excluding hydrogens is 214 g/mol. The Bertz CT molecular complexity index is 605. The fourth-order valence-electron chi connectivity index (χ4n) is 1.90. The Morgan fingerprint density at radius 3 is 3.06 bits per heavy atom. The second-order valence-corrected chi connectivity index (χ2v) is 4.66. The molecule has 4 nitrogen and oxygen atoms in total. The quantitative estimate of drug-likeness (QED) is 0.875. The minimum Gasteiger partial charge on any atom is -0.441 e. The Balaban J connectivity index is 1.79. The normalized spacial score (nSPS) is 16.7. The van der Waals surface area contributed by atoms with E-state index in [1.807, 2.05) is 25.1 Å². The molecular formula is C13H13N3O. The Kier molecular flexibility index (Phi) is 2.08. The standard InChI is InChI=1S/C13H13N3O/c1-9-16-11-3-2-10(6-12(11)17-9)15-8-13(7-14)4-5-13/h2-3,6,15H,4-5,8H2,1H3. The van der Waals surface area contributed by atoms with Crippen molar-refractivity contribution in [3.63, 3.8) is 0 Å². The van der Waals surface area contributed by atoms with Crippen LogP contribution in [0.1, 0.15) is 18.7 Å². The third-order valence-electron chi connectivity index (χ3n) is 3.22. The molecule has 2 aromatic rings. The monoisotopic (exact) mass is 227 g/mol. The Morgan fingerprint density at radius 2 is 2.35 bits per heavy atom. The van der Waals surface area contributed by atoms with Crippen molar-refractivity contribution in [2.75, 3.05) is 11.9 Å². The molecule has 0 radical (unpaired) electrons. The lowest BCUT2D eigenvalue weighted by molar-refractivity contribution is 0.561. The van der Waals surface area contributed by atoms with Crippen molar-refractivity contribution in [3.05, 3.63) is 24.1 Å². The highest BCUT2D eigenvalue weighted by Gasteiger charge is 2.42. The number of fused-ring (bicyclic) bond motifs is 1. The molecule has 0 saturated heterocycles. The molecule has 86 valence electrons. The van der Waals surface area contributed by atoms with Gasteiger partial charge in [0.15, 0.2) is 11.5 Å². The summed E-state index contributed by atoms with van der Waals surface area (Å²) in [5.74, 6) is 0.674. The van der Waals surface area contributed by atoms with E-state index in [0.29, 0.717) is 12.4 Å². The highest BCUT2D eigenvalue weighted by Crippen LogP contribution is 2.44. The summed E-state index contributed by atoms with van der Waals surface area (Å²) < 4.78 is 5.47. The van der Waals surface area contributed by atoms with E-state index in [1.165, 1.54) is 0 Å². The summed E-state index contributed by atoms with van der Waals surface area (Å²) >= 11 is 0. The van der Waals surface area contributed by atoms with Crippen LogP contribution in [0.5, 0.6) is 0 Å². The highest BCUT2D eigenvalue weighted by molar-refractivity contribution is 5.77. The highest BCUT2D eigenvalue weighted by atomic mass is 16.3. The van der Waals surface area contributed by atoms with Gasteiger partial charge in [-0.05, 0) is 25.0 Å². The summed E-state index contributed by atoms with van der Waals surface area (Å²) in [6.07, 6.45) is 2.00. The molecule has 0 unspecified atom stereocenters. The van der Waals surface area contributed by atoms with Crippen LogP contribution >= 0.6 is 0 Å². The Morgan fingerprint density at radius 1 is 1.53 bits per heavy atom. The molecule has 17 heavy (non-hydrogen) atoms. The van der Waals surface area contributed by atoms with Crippen LogP contribution in [-0.2, 0) is 0 Å². The van der Waals surface area contributed by atoms with Gasteiger partial charge < -0.3 is 9.73 Å². The number of nitrogens with one attached hydrogen (secondary N) is 1. The first-order chi connectivity index (χ1) is 8.21. The number of hydrogen-bond acceptors (Lipinski definition) is 4. The number of rotatable bonds is 3. The predicted octanol–water partition coefficient (Wildman–Crippen LogP) is 2.85. The van der Waals surface area contributed by atoms with Crippen LogP contribution < -0.4 is 5.32 Å². The number of benzene rings is 1. The number of aromatic nitrogens is 1. The zero-order valence-corrected chi connectivity index (χ0v) is 9.66. The molecule has 0 spiro atoms. The average Bonchev–Trinajstić information content (AvgIpc) is 3.01. The number of hydrogen-bond donors (Lipinski definition) is 1. The molecule has 3 rings (SSSR count). The molecule has 0 aliphatic heterocycles. The van der Waals surface area contributed by atoms with Crippen molar-refractivity contribution in [2.45, 2.75) is 19.8 Å².